The van der Waals surface area contributed by atoms with Gasteiger partial charge >= 0.3 is 5.97 Å². The molecule has 2 heterocycles. The number of nitrogen functional groups attached to an aromatic ring is 1. The zero-order valence-electron chi connectivity index (χ0n) is 8.40. The van der Waals surface area contributed by atoms with E-state index >= 15 is 0 Å². The van der Waals surface area contributed by atoms with Crippen molar-refractivity contribution >= 4 is 11.7 Å². The van der Waals surface area contributed by atoms with E-state index in [0.29, 0.717) is 0 Å². The Bertz CT molecular complexity index is 627. The summed E-state index contributed by atoms with van der Waals surface area (Å²) in [5.41, 5.74) is 5.54. The molecule has 0 aliphatic rings. The molecule has 0 spiro atoms. The van der Waals surface area contributed by atoms with Crippen molar-refractivity contribution < 1.29 is 9.90 Å². The number of hydrogen-bond donors (Lipinski definition) is 2. The third kappa shape index (κ3) is 1.76. The van der Waals surface area contributed by atoms with Gasteiger partial charge < -0.3 is 10.8 Å². The number of aromatic nitrogens is 4. The number of nitrogens with zero attached hydrogens (tertiary/aromatic N) is 5. The molecule has 8 heteroatoms. The van der Waals surface area contributed by atoms with Gasteiger partial charge in [-0.2, -0.15) is 9.94 Å². The monoisotopic (exact) mass is 230 g/mol. The summed E-state index contributed by atoms with van der Waals surface area (Å²) in [6.07, 6.45) is 2.53. The number of anilines is 1. The van der Waals surface area contributed by atoms with Gasteiger partial charge in [-0.25, -0.2) is 14.8 Å². The molecule has 2 aromatic heterocycles. The molecule has 0 aliphatic carbocycles. The molecule has 0 saturated carbocycles. The van der Waals surface area contributed by atoms with Crippen LogP contribution in [-0.4, -0.2) is 30.8 Å². The molecule has 0 aromatic carbocycles. The summed E-state index contributed by atoms with van der Waals surface area (Å²) in [7, 11) is 0. The zero-order valence-corrected chi connectivity index (χ0v) is 8.40. The van der Waals surface area contributed by atoms with E-state index < -0.39 is 5.97 Å². The predicted molar refractivity (Wildman–Crippen MR) is 55.2 cm³/mol. The molecule has 0 radical (unpaired) electrons. The van der Waals surface area contributed by atoms with Crippen LogP contribution >= 0.6 is 0 Å². The maximum Gasteiger partial charge on any atom is 0.337 e. The van der Waals surface area contributed by atoms with Gasteiger partial charge in [0, 0.05) is 6.20 Å². The van der Waals surface area contributed by atoms with Crippen LogP contribution in [0.2, 0.25) is 0 Å². The van der Waals surface area contributed by atoms with Crippen molar-refractivity contribution in [2.75, 3.05) is 5.73 Å². The average Bonchev–Trinajstić information content (AvgIpc) is 2.77. The third-order valence-corrected chi connectivity index (χ3v) is 2.01. The van der Waals surface area contributed by atoms with E-state index in [-0.39, 0.29) is 22.9 Å². The van der Waals surface area contributed by atoms with Crippen molar-refractivity contribution in [1.82, 2.24) is 19.7 Å². The largest absolute Gasteiger partial charge is 0.478 e. The molecular weight excluding hydrogens is 224 g/mol. The highest BCUT2D eigenvalue weighted by Gasteiger charge is 2.14. The summed E-state index contributed by atoms with van der Waals surface area (Å²) < 4.78 is 1.15. The fraction of sp³-hybridized carbons (Fsp3) is 0. The molecule has 17 heavy (non-hydrogen) atoms. The highest BCUT2D eigenvalue weighted by molar-refractivity contribution is 5.95. The molecule has 0 aliphatic heterocycles. The number of hydrogen-bond acceptors (Lipinski definition) is 6. The highest BCUT2D eigenvalue weighted by atomic mass is 16.4. The third-order valence-electron chi connectivity index (χ3n) is 2.01. The minimum Gasteiger partial charge on any atom is -0.478 e. The van der Waals surface area contributed by atoms with Crippen LogP contribution in [0.1, 0.15) is 16.2 Å². The van der Waals surface area contributed by atoms with Crippen LogP contribution in [0.25, 0.3) is 5.82 Å². The van der Waals surface area contributed by atoms with Gasteiger partial charge in [-0.05, 0) is 6.07 Å². The number of carboxylic acids is 1. The number of carboxylic acid groups (broad SMARTS) is 1. The Hall–Kier alpha value is -2.95. The van der Waals surface area contributed by atoms with Gasteiger partial charge in [0.05, 0.1) is 11.3 Å². The Morgan fingerprint density at radius 1 is 1.53 bits per heavy atom. The van der Waals surface area contributed by atoms with Crippen LogP contribution in [0.5, 0.6) is 0 Å². The van der Waals surface area contributed by atoms with Crippen molar-refractivity contribution in [3.05, 3.63) is 30.0 Å². The summed E-state index contributed by atoms with van der Waals surface area (Å²) in [6, 6.07) is 3.03. The molecule has 0 bridgehead atoms. The lowest BCUT2D eigenvalue weighted by Crippen LogP contribution is -2.09. The van der Waals surface area contributed by atoms with Crippen molar-refractivity contribution in [2.24, 2.45) is 0 Å². The Morgan fingerprint density at radius 3 is 2.88 bits per heavy atom. The molecule has 84 valence electrons. The van der Waals surface area contributed by atoms with E-state index in [1.807, 2.05) is 0 Å². The predicted octanol–water partition coefficient (Wildman–Crippen LogP) is -0.186. The highest BCUT2D eigenvalue weighted by Crippen LogP contribution is 2.18. The minimum absolute atomic E-state index is 0.0330. The number of pyridine rings is 1. The summed E-state index contributed by atoms with van der Waals surface area (Å²) in [4.78, 5) is 18.4. The SMILES string of the molecule is N#Cc1ncn(-c2nccc(C(=O)O)c2N)n1. The maximum atomic E-state index is 10.9. The van der Waals surface area contributed by atoms with Gasteiger partial charge in [0.1, 0.15) is 12.4 Å². The van der Waals surface area contributed by atoms with Crippen molar-refractivity contribution in [2.45, 2.75) is 0 Å². The van der Waals surface area contributed by atoms with Crippen LogP contribution in [0, 0.1) is 11.3 Å². The normalized spacial score (nSPS) is 9.82. The quantitative estimate of drug-likeness (QED) is 0.731. The maximum absolute atomic E-state index is 10.9. The number of aromatic carboxylic acids is 1. The van der Waals surface area contributed by atoms with E-state index in [2.05, 4.69) is 15.1 Å². The number of nitriles is 1. The summed E-state index contributed by atoms with van der Waals surface area (Å²) in [5, 5.41) is 21.2. The Labute approximate surface area is 95.0 Å². The lowest BCUT2D eigenvalue weighted by Gasteiger charge is -2.05. The molecule has 0 fully saturated rings. The van der Waals surface area contributed by atoms with E-state index in [1.165, 1.54) is 18.6 Å². The molecule has 2 aromatic rings. The van der Waals surface area contributed by atoms with Crippen molar-refractivity contribution in [1.29, 1.82) is 5.26 Å². The first-order chi connectivity index (χ1) is 8.13. The molecule has 3 N–H and O–H groups in total. The van der Waals surface area contributed by atoms with Gasteiger partial charge in [-0.3, -0.25) is 0 Å². The van der Waals surface area contributed by atoms with Gasteiger partial charge in [0.15, 0.2) is 5.82 Å². The van der Waals surface area contributed by atoms with E-state index in [4.69, 9.17) is 16.1 Å². The van der Waals surface area contributed by atoms with Crippen LogP contribution in [0.3, 0.4) is 0 Å². The van der Waals surface area contributed by atoms with Crippen molar-refractivity contribution in [3.63, 3.8) is 0 Å². The van der Waals surface area contributed by atoms with E-state index in [9.17, 15) is 4.79 Å². The lowest BCUT2D eigenvalue weighted by atomic mass is 10.2. The molecule has 0 atom stereocenters. The molecule has 0 saturated heterocycles. The van der Waals surface area contributed by atoms with Crippen LogP contribution in [0.4, 0.5) is 5.69 Å². The van der Waals surface area contributed by atoms with Gasteiger partial charge in [-0.1, -0.05) is 0 Å². The van der Waals surface area contributed by atoms with Gasteiger partial charge in [0.25, 0.3) is 5.82 Å². The Kier molecular flexibility index (Phi) is 2.42. The lowest BCUT2D eigenvalue weighted by molar-refractivity contribution is 0.0698. The Balaban J connectivity index is 2.57. The topological polar surface area (TPSA) is 131 Å². The molecule has 0 amide bonds. The van der Waals surface area contributed by atoms with E-state index in [0.717, 1.165) is 4.68 Å². The smallest absolute Gasteiger partial charge is 0.337 e. The van der Waals surface area contributed by atoms with Gasteiger partial charge in [-0.15, -0.1) is 5.10 Å². The summed E-state index contributed by atoms with van der Waals surface area (Å²) >= 11 is 0. The second-order valence-corrected chi connectivity index (χ2v) is 3.03. The molecule has 8 nitrogen and oxygen atoms in total. The van der Waals surface area contributed by atoms with E-state index in [1.54, 1.807) is 6.07 Å². The van der Waals surface area contributed by atoms with Gasteiger partial charge in [0.2, 0.25) is 0 Å². The number of rotatable bonds is 2. The second-order valence-electron chi connectivity index (χ2n) is 3.03. The summed E-state index contributed by atoms with van der Waals surface area (Å²) in [5.74, 6) is -1.09. The molecule has 2 rings (SSSR count). The minimum atomic E-state index is -1.16. The average molecular weight is 230 g/mol. The van der Waals surface area contributed by atoms with Crippen LogP contribution in [0.15, 0.2) is 18.6 Å². The summed E-state index contributed by atoms with van der Waals surface area (Å²) in [6.45, 7) is 0. The standard InChI is InChI=1S/C9H6N6O2/c10-3-6-13-4-15(14-6)8-7(11)5(9(16)17)1-2-12-8/h1-2,4H,11H2,(H,16,17). The first kappa shape index (κ1) is 10.6. The van der Waals surface area contributed by atoms with Crippen molar-refractivity contribution in [3.8, 4) is 11.9 Å². The first-order valence-corrected chi connectivity index (χ1v) is 4.43. The van der Waals surface area contributed by atoms with Crippen LogP contribution < -0.4 is 5.73 Å². The number of carbonyl (C=O) groups is 1. The zero-order chi connectivity index (χ0) is 12.4. The second kappa shape index (κ2) is 3.90. The fourth-order valence-electron chi connectivity index (χ4n) is 1.25. The molecular formula is C9H6N6O2. The first-order valence-electron chi connectivity index (χ1n) is 4.43. The molecule has 0 unspecified atom stereocenters. The Morgan fingerprint density at radius 2 is 2.29 bits per heavy atom. The fourth-order valence-corrected chi connectivity index (χ4v) is 1.25. The number of nitrogens with two attached hydrogens (primary N) is 1. The van der Waals surface area contributed by atoms with Crippen LogP contribution in [-0.2, 0) is 0 Å².